The predicted molar refractivity (Wildman–Crippen MR) is 122 cm³/mol. The van der Waals surface area contributed by atoms with Crippen LogP contribution in [0.2, 0.25) is 0 Å². The number of amides is 1. The summed E-state index contributed by atoms with van der Waals surface area (Å²) in [6, 6.07) is 8.53. The van der Waals surface area contributed by atoms with Crippen molar-refractivity contribution in [1.29, 1.82) is 0 Å². The SMILES string of the molecule is Cc1ccc(-c2c(C)sc3ncnc(NCCC(=O)N4CC(C)OC(C)C4)c23)cc1. The minimum Gasteiger partial charge on any atom is -0.372 e. The molecule has 7 heteroatoms. The van der Waals surface area contributed by atoms with Crippen LogP contribution in [0.1, 0.15) is 30.7 Å². The maximum Gasteiger partial charge on any atom is 0.224 e. The van der Waals surface area contributed by atoms with Crippen molar-refractivity contribution < 1.29 is 9.53 Å². The molecule has 2 aromatic heterocycles. The fourth-order valence-electron chi connectivity index (χ4n) is 4.07. The Morgan fingerprint density at radius 3 is 2.57 bits per heavy atom. The second kappa shape index (κ2) is 8.70. The summed E-state index contributed by atoms with van der Waals surface area (Å²) in [5.74, 6) is 0.937. The number of benzene rings is 1. The van der Waals surface area contributed by atoms with Gasteiger partial charge in [0.05, 0.1) is 17.6 Å². The number of aryl methyl sites for hydroxylation is 2. The van der Waals surface area contributed by atoms with E-state index in [1.54, 1.807) is 17.7 Å². The van der Waals surface area contributed by atoms with Gasteiger partial charge in [-0.3, -0.25) is 4.79 Å². The summed E-state index contributed by atoms with van der Waals surface area (Å²) in [6.45, 7) is 10.1. The number of carbonyl (C=O) groups excluding carboxylic acids is 1. The molecule has 3 heterocycles. The fourth-order valence-corrected chi connectivity index (χ4v) is 5.09. The topological polar surface area (TPSA) is 67.4 Å². The molecule has 2 atom stereocenters. The Morgan fingerprint density at radius 1 is 1.17 bits per heavy atom. The lowest BCUT2D eigenvalue weighted by Gasteiger charge is -2.35. The zero-order valence-corrected chi connectivity index (χ0v) is 18.8. The Morgan fingerprint density at radius 2 is 1.87 bits per heavy atom. The van der Waals surface area contributed by atoms with E-state index < -0.39 is 0 Å². The molecule has 1 amide bonds. The number of rotatable bonds is 5. The van der Waals surface area contributed by atoms with E-state index in [1.807, 2.05) is 18.7 Å². The molecule has 1 aliphatic heterocycles. The van der Waals surface area contributed by atoms with E-state index in [0.29, 0.717) is 26.1 Å². The Kier molecular flexibility index (Phi) is 6.01. The van der Waals surface area contributed by atoms with E-state index >= 15 is 0 Å². The van der Waals surface area contributed by atoms with Gasteiger partial charge in [-0.05, 0) is 33.3 Å². The van der Waals surface area contributed by atoms with Crippen LogP contribution >= 0.6 is 11.3 Å². The minimum atomic E-state index is 0.0815. The van der Waals surface area contributed by atoms with Crippen molar-refractivity contribution in [2.24, 2.45) is 0 Å². The molecule has 0 saturated carbocycles. The van der Waals surface area contributed by atoms with Gasteiger partial charge in [-0.25, -0.2) is 9.97 Å². The molecule has 0 radical (unpaired) electrons. The maximum absolute atomic E-state index is 12.7. The molecule has 1 aromatic carbocycles. The molecular weight excluding hydrogens is 396 g/mol. The third-order valence-corrected chi connectivity index (χ3v) is 6.42. The van der Waals surface area contributed by atoms with Crippen molar-refractivity contribution in [1.82, 2.24) is 14.9 Å². The first-order valence-corrected chi connectivity index (χ1v) is 11.2. The first-order valence-electron chi connectivity index (χ1n) is 10.4. The Balaban J connectivity index is 1.52. The fraction of sp³-hybridized carbons (Fsp3) is 0.435. The second-order valence-corrected chi connectivity index (χ2v) is 9.24. The summed E-state index contributed by atoms with van der Waals surface area (Å²) >= 11 is 1.67. The summed E-state index contributed by atoms with van der Waals surface area (Å²) in [5, 5.41) is 4.42. The van der Waals surface area contributed by atoms with Crippen molar-refractivity contribution in [2.45, 2.75) is 46.3 Å². The number of ether oxygens (including phenoxy) is 1. The molecule has 1 fully saturated rings. The number of morpholine rings is 1. The molecule has 4 rings (SSSR count). The van der Waals surface area contributed by atoms with Crippen LogP contribution in [0.4, 0.5) is 5.82 Å². The highest BCUT2D eigenvalue weighted by atomic mass is 32.1. The van der Waals surface area contributed by atoms with Crippen LogP contribution in [-0.4, -0.2) is 52.6 Å². The standard InChI is InChI=1S/C23H28N4O2S/c1-14-5-7-18(8-6-14)20-17(4)30-23-21(20)22(25-13-26-23)24-10-9-19(28)27-11-15(2)29-16(3)12-27/h5-8,13,15-16H,9-12H2,1-4H3,(H,24,25,26). The van der Waals surface area contributed by atoms with Crippen molar-refractivity contribution in [2.75, 3.05) is 25.0 Å². The van der Waals surface area contributed by atoms with Gasteiger partial charge in [0.25, 0.3) is 0 Å². The quantitative estimate of drug-likeness (QED) is 0.657. The molecule has 0 aliphatic carbocycles. The second-order valence-electron chi connectivity index (χ2n) is 8.03. The molecule has 6 nitrogen and oxygen atoms in total. The normalized spacial score (nSPS) is 19.3. The first kappa shape index (κ1) is 20.8. The highest BCUT2D eigenvalue weighted by Crippen LogP contribution is 2.40. The van der Waals surface area contributed by atoms with Gasteiger partial charge >= 0.3 is 0 Å². The number of fused-ring (bicyclic) bond motifs is 1. The molecule has 0 spiro atoms. The van der Waals surface area contributed by atoms with Crippen molar-refractivity contribution in [3.05, 3.63) is 41.0 Å². The number of anilines is 1. The number of thiophene rings is 1. The lowest BCUT2D eigenvalue weighted by Crippen LogP contribution is -2.48. The van der Waals surface area contributed by atoms with Gasteiger partial charge in [-0.1, -0.05) is 29.8 Å². The number of hydrogen-bond donors (Lipinski definition) is 1. The summed E-state index contributed by atoms with van der Waals surface area (Å²) in [7, 11) is 0. The highest BCUT2D eigenvalue weighted by Gasteiger charge is 2.25. The van der Waals surface area contributed by atoms with E-state index in [1.165, 1.54) is 16.0 Å². The highest BCUT2D eigenvalue weighted by molar-refractivity contribution is 7.19. The molecule has 1 saturated heterocycles. The van der Waals surface area contributed by atoms with Crippen LogP contribution in [0.25, 0.3) is 21.3 Å². The van der Waals surface area contributed by atoms with Gasteiger partial charge in [-0.2, -0.15) is 0 Å². The van der Waals surface area contributed by atoms with Crippen LogP contribution in [0.5, 0.6) is 0 Å². The van der Waals surface area contributed by atoms with Gasteiger partial charge in [0, 0.05) is 36.5 Å². The van der Waals surface area contributed by atoms with Crippen LogP contribution in [-0.2, 0) is 9.53 Å². The number of nitrogens with one attached hydrogen (secondary N) is 1. The Hall–Kier alpha value is -2.51. The average Bonchev–Trinajstić information content (AvgIpc) is 3.04. The number of carbonyl (C=O) groups is 1. The predicted octanol–water partition coefficient (Wildman–Crippen LogP) is 4.41. The molecule has 3 aromatic rings. The zero-order valence-electron chi connectivity index (χ0n) is 17.9. The van der Waals surface area contributed by atoms with Gasteiger partial charge in [-0.15, -0.1) is 11.3 Å². The summed E-state index contributed by atoms with van der Waals surface area (Å²) in [4.78, 5) is 25.7. The lowest BCUT2D eigenvalue weighted by molar-refractivity contribution is -0.142. The number of nitrogens with zero attached hydrogens (tertiary/aromatic N) is 3. The molecule has 1 aliphatic rings. The smallest absolute Gasteiger partial charge is 0.224 e. The van der Waals surface area contributed by atoms with Crippen LogP contribution < -0.4 is 5.32 Å². The van der Waals surface area contributed by atoms with E-state index in [4.69, 9.17) is 4.74 Å². The van der Waals surface area contributed by atoms with Gasteiger partial charge in [0.2, 0.25) is 5.91 Å². The molecule has 1 N–H and O–H groups in total. The average molecular weight is 425 g/mol. The summed E-state index contributed by atoms with van der Waals surface area (Å²) in [5.41, 5.74) is 3.56. The first-order chi connectivity index (χ1) is 14.4. The van der Waals surface area contributed by atoms with E-state index in [0.717, 1.165) is 21.6 Å². The van der Waals surface area contributed by atoms with Crippen molar-refractivity contribution in [3.63, 3.8) is 0 Å². The Bertz CT molecular complexity index is 1040. The molecular formula is C23H28N4O2S. The third-order valence-electron chi connectivity index (χ3n) is 5.41. The maximum atomic E-state index is 12.7. The largest absolute Gasteiger partial charge is 0.372 e. The van der Waals surface area contributed by atoms with E-state index in [9.17, 15) is 4.79 Å². The number of hydrogen-bond acceptors (Lipinski definition) is 6. The summed E-state index contributed by atoms with van der Waals surface area (Å²) < 4.78 is 5.73. The molecule has 2 unspecified atom stereocenters. The van der Waals surface area contributed by atoms with Crippen molar-refractivity contribution >= 4 is 33.3 Å². The van der Waals surface area contributed by atoms with E-state index in [-0.39, 0.29) is 18.1 Å². The van der Waals surface area contributed by atoms with Crippen molar-refractivity contribution in [3.8, 4) is 11.1 Å². The monoisotopic (exact) mass is 424 g/mol. The van der Waals surface area contributed by atoms with Crippen LogP contribution in [0.15, 0.2) is 30.6 Å². The van der Waals surface area contributed by atoms with Gasteiger partial charge in [0.15, 0.2) is 0 Å². The minimum absolute atomic E-state index is 0.0815. The number of aromatic nitrogens is 2. The van der Waals surface area contributed by atoms with Crippen LogP contribution in [0, 0.1) is 13.8 Å². The Labute approximate surface area is 181 Å². The zero-order chi connectivity index (χ0) is 21.3. The van der Waals surface area contributed by atoms with Crippen LogP contribution in [0.3, 0.4) is 0 Å². The third kappa shape index (κ3) is 4.32. The molecule has 30 heavy (non-hydrogen) atoms. The van der Waals surface area contributed by atoms with E-state index in [2.05, 4.69) is 53.4 Å². The summed E-state index contributed by atoms with van der Waals surface area (Å²) in [6.07, 6.45) is 2.18. The molecule has 158 valence electrons. The van der Waals surface area contributed by atoms with Gasteiger partial charge in [0.1, 0.15) is 17.0 Å². The van der Waals surface area contributed by atoms with Gasteiger partial charge < -0.3 is 15.0 Å². The lowest BCUT2D eigenvalue weighted by atomic mass is 10.0. The molecule has 0 bridgehead atoms.